The van der Waals surface area contributed by atoms with Crippen LogP contribution in [-0.2, 0) is 22.6 Å². The van der Waals surface area contributed by atoms with Gasteiger partial charge in [0.25, 0.3) is 0 Å². The minimum Gasteiger partial charge on any atom is -0.497 e. The van der Waals surface area contributed by atoms with Gasteiger partial charge < -0.3 is 9.47 Å². The van der Waals surface area contributed by atoms with E-state index in [0.29, 0.717) is 13.2 Å². The molecule has 0 bridgehead atoms. The van der Waals surface area contributed by atoms with Crippen LogP contribution in [0, 0.1) is 0 Å². The van der Waals surface area contributed by atoms with E-state index in [9.17, 15) is 0 Å². The Morgan fingerprint density at radius 1 is 1.04 bits per heavy atom. The Morgan fingerprint density at radius 2 is 1.72 bits per heavy atom. The predicted molar refractivity (Wildman–Crippen MR) is 104 cm³/mol. The van der Waals surface area contributed by atoms with Crippen LogP contribution in [0.4, 0.5) is 0 Å². The smallest absolute Gasteiger partial charge is 0.117 e. The van der Waals surface area contributed by atoms with Gasteiger partial charge in [-0.15, -0.1) is 0 Å². The quantitative estimate of drug-likeness (QED) is 0.699. The van der Waals surface area contributed by atoms with Crippen LogP contribution in [0.1, 0.15) is 24.0 Å². The number of hydrogen-bond donors (Lipinski definition) is 1. The molecule has 2 aromatic rings. The van der Waals surface area contributed by atoms with Gasteiger partial charge in [-0.25, -0.2) is 4.31 Å². The van der Waals surface area contributed by atoms with Crippen molar-refractivity contribution in [3.05, 3.63) is 84.1 Å². The lowest BCUT2D eigenvalue weighted by Crippen LogP contribution is -2.43. The predicted octanol–water partition coefficient (Wildman–Crippen LogP) is 4.61. The molecule has 2 aromatic carbocycles. The van der Waals surface area contributed by atoms with Gasteiger partial charge >= 0.3 is 0 Å². The molecule has 0 saturated carbocycles. The van der Waals surface area contributed by atoms with Crippen LogP contribution in [0.15, 0.2) is 73.0 Å². The zero-order valence-electron chi connectivity index (χ0n) is 14.3. The van der Waals surface area contributed by atoms with Crippen LogP contribution in [0.5, 0.6) is 0 Å². The molecule has 1 aliphatic rings. The molecule has 2 unspecified atom stereocenters. The van der Waals surface area contributed by atoms with Crippen LogP contribution in [0.25, 0.3) is 0 Å². The monoisotopic (exact) mass is 355 g/mol. The lowest BCUT2D eigenvalue weighted by atomic mass is 10.0. The van der Waals surface area contributed by atoms with E-state index in [1.165, 1.54) is 11.1 Å². The van der Waals surface area contributed by atoms with E-state index in [-0.39, 0.29) is 12.1 Å². The van der Waals surface area contributed by atoms with Gasteiger partial charge in [0.05, 0.1) is 25.5 Å². The first-order chi connectivity index (χ1) is 12.3. The van der Waals surface area contributed by atoms with Crippen molar-refractivity contribution in [1.29, 1.82) is 0 Å². The van der Waals surface area contributed by atoms with Crippen molar-refractivity contribution in [2.45, 2.75) is 38.1 Å². The average molecular weight is 356 g/mol. The van der Waals surface area contributed by atoms with Crippen molar-refractivity contribution < 1.29 is 9.47 Å². The van der Waals surface area contributed by atoms with Crippen molar-refractivity contribution in [3.8, 4) is 0 Å². The van der Waals surface area contributed by atoms with Crippen LogP contribution in [-0.4, -0.2) is 23.1 Å². The number of nitrogens with zero attached hydrogens (tertiary/aromatic N) is 1. The van der Waals surface area contributed by atoms with Gasteiger partial charge in [0, 0.05) is 6.54 Å². The minimum absolute atomic E-state index is 0.0946. The maximum Gasteiger partial charge on any atom is 0.117 e. The number of allylic oxidation sites excluding steroid dienone is 1. The van der Waals surface area contributed by atoms with Crippen molar-refractivity contribution in [2.75, 3.05) is 6.61 Å². The van der Waals surface area contributed by atoms with Gasteiger partial charge in [0.2, 0.25) is 0 Å². The van der Waals surface area contributed by atoms with Crippen molar-refractivity contribution >= 4 is 12.8 Å². The summed E-state index contributed by atoms with van der Waals surface area (Å²) in [5.41, 5.74) is 2.41. The highest BCUT2D eigenvalue weighted by atomic mass is 32.1. The first-order valence-electron chi connectivity index (χ1n) is 8.74. The molecule has 3 nitrogen and oxygen atoms in total. The number of thiol groups is 1. The second-order valence-corrected chi connectivity index (χ2v) is 6.79. The summed E-state index contributed by atoms with van der Waals surface area (Å²) in [6, 6.07) is 20.7. The highest BCUT2D eigenvalue weighted by Crippen LogP contribution is 2.22. The molecule has 0 N–H and O–H groups in total. The van der Waals surface area contributed by atoms with Crippen molar-refractivity contribution in [2.24, 2.45) is 0 Å². The lowest BCUT2D eigenvalue weighted by molar-refractivity contribution is -0.000158. The van der Waals surface area contributed by atoms with E-state index in [2.05, 4.69) is 42.5 Å². The summed E-state index contributed by atoms with van der Waals surface area (Å²) in [5.74, 6) is 0. The highest BCUT2D eigenvalue weighted by molar-refractivity contribution is 7.77. The first-order valence-corrected chi connectivity index (χ1v) is 9.14. The molecule has 4 heteroatoms. The summed E-state index contributed by atoms with van der Waals surface area (Å²) in [4.78, 5) is 0. The molecule has 0 saturated heterocycles. The summed E-state index contributed by atoms with van der Waals surface area (Å²) in [6.45, 7) is 1.95. The van der Waals surface area contributed by atoms with Crippen molar-refractivity contribution in [1.82, 2.24) is 4.31 Å². The first kappa shape index (κ1) is 18.1. The van der Waals surface area contributed by atoms with Crippen LogP contribution in [0.3, 0.4) is 0 Å². The van der Waals surface area contributed by atoms with Gasteiger partial charge in [-0.3, -0.25) is 0 Å². The molecule has 1 heterocycles. The maximum atomic E-state index is 6.00. The standard InChI is InChI=1S/C21H25NO2S/c25-22(15-18-9-3-1-4-10-18)20(21-13-7-8-14-24-21)17-23-16-19-11-5-2-6-12-19/h1-6,8-12,14,20-21,25H,7,13,15-17H2. The molecular weight excluding hydrogens is 330 g/mol. The summed E-state index contributed by atoms with van der Waals surface area (Å²) in [5, 5.41) is 0. The molecule has 0 amide bonds. The molecular formula is C21H25NO2S. The Kier molecular flexibility index (Phi) is 6.98. The molecule has 132 valence electrons. The van der Waals surface area contributed by atoms with E-state index >= 15 is 0 Å². The van der Waals surface area contributed by atoms with Crippen molar-refractivity contribution in [3.63, 3.8) is 0 Å². The van der Waals surface area contributed by atoms with Gasteiger partial charge in [0.15, 0.2) is 0 Å². The third-order valence-corrected chi connectivity index (χ3v) is 4.81. The fraction of sp³-hybridized carbons (Fsp3) is 0.333. The zero-order valence-corrected chi connectivity index (χ0v) is 15.2. The third-order valence-electron chi connectivity index (χ3n) is 4.37. The number of hydrogen-bond acceptors (Lipinski definition) is 4. The Bertz CT molecular complexity index is 647. The Balaban J connectivity index is 1.61. The summed E-state index contributed by atoms with van der Waals surface area (Å²) in [7, 11) is 0. The van der Waals surface area contributed by atoms with Crippen LogP contribution >= 0.6 is 12.8 Å². The fourth-order valence-corrected chi connectivity index (χ4v) is 3.36. The van der Waals surface area contributed by atoms with Gasteiger partial charge in [-0.2, -0.15) is 0 Å². The van der Waals surface area contributed by atoms with Gasteiger partial charge in [0.1, 0.15) is 6.10 Å². The van der Waals surface area contributed by atoms with Crippen LogP contribution < -0.4 is 0 Å². The second kappa shape index (κ2) is 9.66. The van der Waals surface area contributed by atoms with Gasteiger partial charge in [-0.1, -0.05) is 73.5 Å². The Morgan fingerprint density at radius 3 is 2.36 bits per heavy atom. The molecule has 0 fully saturated rings. The Labute approximate surface area is 155 Å². The molecule has 0 spiro atoms. The van der Waals surface area contributed by atoms with Gasteiger partial charge in [-0.05, 0) is 30.0 Å². The van der Waals surface area contributed by atoms with Crippen LogP contribution in [0.2, 0.25) is 0 Å². The van der Waals surface area contributed by atoms with E-state index in [1.54, 1.807) is 0 Å². The fourth-order valence-electron chi connectivity index (χ4n) is 2.98. The molecule has 25 heavy (non-hydrogen) atoms. The topological polar surface area (TPSA) is 21.7 Å². The maximum absolute atomic E-state index is 6.00. The molecule has 1 aliphatic heterocycles. The molecule has 0 aromatic heterocycles. The third kappa shape index (κ3) is 5.63. The number of rotatable bonds is 8. The Hall–Kier alpha value is -1.75. The summed E-state index contributed by atoms with van der Waals surface area (Å²) >= 11 is 4.76. The highest BCUT2D eigenvalue weighted by Gasteiger charge is 2.28. The molecule has 2 atom stereocenters. The number of benzene rings is 2. The number of ether oxygens (including phenoxy) is 2. The second-order valence-electron chi connectivity index (χ2n) is 6.27. The lowest BCUT2D eigenvalue weighted by Gasteiger charge is -2.34. The summed E-state index contributed by atoms with van der Waals surface area (Å²) in [6.07, 6.45) is 6.00. The normalized spacial score (nSPS) is 18.1. The SMILES string of the molecule is SN(Cc1ccccc1)C(COCc1ccccc1)C1CCC=CO1. The average Bonchev–Trinajstić information content (AvgIpc) is 2.67. The minimum atomic E-state index is 0.0946. The van der Waals surface area contributed by atoms with E-state index in [1.807, 2.05) is 34.8 Å². The molecule has 0 aliphatic carbocycles. The zero-order chi connectivity index (χ0) is 17.3. The van der Waals surface area contributed by atoms with E-state index in [0.717, 1.165) is 19.4 Å². The summed E-state index contributed by atoms with van der Waals surface area (Å²) < 4.78 is 13.9. The van der Waals surface area contributed by atoms with E-state index < -0.39 is 0 Å². The molecule has 3 rings (SSSR count). The van der Waals surface area contributed by atoms with E-state index in [4.69, 9.17) is 22.3 Å². The molecule has 0 radical (unpaired) electrons. The largest absolute Gasteiger partial charge is 0.497 e.